The maximum Gasteiger partial charge on any atom is 0.270 e. The van der Waals surface area contributed by atoms with Crippen molar-refractivity contribution in [2.75, 3.05) is 5.01 Å². The molecule has 0 fully saturated rings. The van der Waals surface area contributed by atoms with Crippen molar-refractivity contribution in [1.82, 2.24) is 0 Å². The Labute approximate surface area is 125 Å². The Hall–Kier alpha value is -3.09. The lowest BCUT2D eigenvalue weighted by atomic mass is 9.87. The van der Waals surface area contributed by atoms with E-state index in [1.54, 1.807) is 37.3 Å². The molecule has 0 radical (unpaired) electrons. The second-order valence-corrected chi connectivity index (χ2v) is 5.12. The zero-order valence-electron chi connectivity index (χ0n) is 11.6. The highest BCUT2D eigenvalue weighted by atomic mass is 16.6. The third kappa shape index (κ3) is 1.72. The maximum atomic E-state index is 12.8. The Bertz CT molecular complexity index is 791. The van der Waals surface area contributed by atoms with Gasteiger partial charge < -0.3 is 0 Å². The van der Waals surface area contributed by atoms with Crippen LogP contribution in [0.15, 0.2) is 53.8 Å². The number of anilines is 1. The first-order valence-electron chi connectivity index (χ1n) is 6.52. The van der Waals surface area contributed by atoms with Crippen LogP contribution in [0.5, 0.6) is 0 Å². The molecule has 0 amide bonds. The lowest BCUT2D eigenvalue weighted by Crippen LogP contribution is -2.41. The highest BCUT2D eigenvalue weighted by molar-refractivity contribution is 6.14. The van der Waals surface area contributed by atoms with Gasteiger partial charge in [0.2, 0.25) is 0 Å². The van der Waals surface area contributed by atoms with Crippen LogP contribution in [0.25, 0.3) is 0 Å². The van der Waals surface area contributed by atoms with E-state index in [0.717, 1.165) is 5.01 Å². The van der Waals surface area contributed by atoms with Crippen LogP contribution in [0.3, 0.4) is 0 Å². The van der Waals surface area contributed by atoms with Gasteiger partial charge in [-0.2, -0.15) is 0 Å². The van der Waals surface area contributed by atoms with Gasteiger partial charge in [-0.15, -0.1) is 4.91 Å². The average Bonchev–Trinajstić information content (AvgIpc) is 2.76. The molecule has 22 heavy (non-hydrogen) atoms. The number of Topliss-reactive ketones (excluding diaryl/α,β-unsaturated/α-hetero) is 1. The fourth-order valence-electron chi connectivity index (χ4n) is 2.75. The quantitative estimate of drug-likeness (QED) is 0.492. The molecule has 7 nitrogen and oxygen atoms in total. The van der Waals surface area contributed by atoms with Gasteiger partial charge in [0, 0.05) is 12.1 Å². The summed E-state index contributed by atoms with van der Waals surface area (Å²) in [5.41, 5.74) is -0.508. The number of nitro groups is 1. The number of hydrogen-bond acceptors (Lipinski definition) is 5. The monoisotopic (exact) mass is 297 g/mol. The van der Waals surface area contributed by atoms with Gasteiger partial charge in [-0.25, -0.2) is 5.01 Å². The van der Waals surface area contributed by atoms with Crippen LogP contribution in [0, 0.1) is 15.0 Å². The van der Waals surface area contributed by atoms with Crippen LogP contribution in [-0.2, 0) is 5.54 Å². The third-order valence-corrected chi connectivity index (χ3v) is 3.95. The molecular formula is C15H11N3O4. The molecule has 2 aromatic carbocycles. The molecule has 0 saturated carbocycles. The van der Waals surface area contributed by atoms with Gasteiger partial charge in [-0.05, 0) is 18.6 Å². The van der Waals surface area contributed by atoms with Crippen molar-refractivity contribution in [1.29, 1.82) is 0 Å². The number of carbonyl (C=O) groups is 1. The number of hydrogen-bond donors (Lipinski definition) is 0. The Morgan fingerprint density at radius 1 is 1.18 bits per heavy atom. The van der Waals surface area contributed by atoms with Crippen LogP contribution in [-0.4, -0.2) is 10.7 Å². The van der Waals surface area contributed by atoms with E-state index in [0.29, 0.717) is 5.56 Å². The molecule has 3 rings (SSSR count). The van der Waals surface area contributed by atoms with Gasteiger partial charge in [0.15, 0.2) is 11.3 Å². The highest BCUT2D eigenvalue weighted by Crippen LogP contribution is 2.45. The summed E-state index contributed by atoms with van der Waals surface area (Å²) in [6, 6.07) is 12.5. The molecule has 0 N–H and O–H groups in total. The van der Waals surface area contributed by atoms with E-state index in [4.69, 9.17) is 0 Å². The lowest BCUT2D eigenvalue weighted by Gasteiger charge is -2.29. The molecule has 1 atom stereocenters. The SMILES string of the molecule is CC1(c2ccccc2)C(=O)c2cc([N+](=O)[O-])ccc2N1N=O. The Kier molecular flexibility index (Phi) is 2.98. The average molecular weight is 297 g/mol. The van der Waals surface area contributed by atoms with E-state index in [-0.39, 0.29) is 16.9 Å². The number of ketones is 1. The second-order valence-electron chi connectivity index (χ2n) is 5.12. The van der Waals surface area contributed by atoms with Gasteiger partial charge in [0.25, 0.3) is 5.69 Å². The predicted molar refractivity (Wildman–Crippen MR) is 79.5 cm³/mol. The fraction of sp³-hybridized carbons (Fsp3) is 0.133. The van der Waals surface area contributed by atoms with Gasteiger partial charge in [-0.3, -0.25) is 14.9 Å². The smallest absolute Gasteiger partial charge is 0.270 e. The standard InChI is InChI=1S/C15H11N3O4/c1-15(10-5-3-2-4-6-10)14(19)12-9-11(18(21)22)7-8-13(12)17(15)16-20/h2-9H,1H3. The van der Waals surface area contributed by atoms with Gasteiger partial charge in [0.1, 0.15) is 0 Å². The Morgan fingerprint density at radius 2 is 1.86 bits per heavy atom. The number of nitroso groups, excluding NO2 is 1. The number of fused-ring (bicyclic) bond motifs is 1. The minimum Gasteiger partial charge on any atom is -0.291 e. The predicted octanol–water partition coefficient (Wildman–Crippen LogP) is 3.19. The first kappa shape index (κ1) is 13.9. The van der Waals surface area contributed by atoms with Gasteiger partial charge >= 0.3 is 0 Å². The van der Waals surface area contributed by atoms with Crippen LogP contribution >= 0.6 is 0 Å². The summed E-state index contributed by atoms with van der Waals surface area (Å²) in [6.45, 7) is 1.58. The molecule has 1 aliphatic rings. The van der Waals surface area contributed by atoms with Crippen molar-refractivity contribution < 1.29 is 9.72 Å². The molecule has 0 saturated heterocycles. The number of nitro benzene ring substituents is 1. The molecule has 0 aromatic heterocycles. The zero-order chi connectivity index (χ0) is 15.9. The number of nitrogens with zero attached hydrogens (tertiary/aromatic N) is 3. The van der Waals surface area contributed by atoms with E-state index in [2.05, 4.69) is 5.29 Å². The van der Waals surface area contributed by atoms with Crippen molar-refractivity contribution in [2.24, 2.45) is 5.29 Å². The van der Waals surface area contributed by atoms with Crippen LogP contribution in [0.1, 0.15) is 22.8 Å². The van der Waals surface area contributed by atoms with Crippen molar-refractivity contribution in [3.05, 3.63) is 74.7 Å². The topological polar surface area (TPSA) is 92.9 Å². The molecule has 1 unspecified atom stereocenters. The van der Waals surface area contributed by atoms with Crippen molar-refractivity contribution in [3.8, 4) is 0 Å². The van der Waals surface area contributed by atoms with Gasteiger partial charge in [-0.1, -0.05) is 30.3 Å². The molecule has 7 heteroatoms. The number of rotatable bonds is 3. The summed E-state index contributed by atoms with van der Waals surface area (Å²) < 4.78 is 0. The molecule has 0 aliphatic carbocycles. The summed E-state index contributed by atoms with van der Waals surface area (Å²) >= 11 is 0. The van der Waals surface area contributed by atoms with Crippen molar-refractivity contribution >= 4 is 17.2 Å². The van der Waals surface area contributed by atoms with Crippen molar-refractivity contribution in [3.63, 3.8) is 0 Å². The van der Waals surface area contributed by atoms with E-state index in [1.165, 1.54) is 18.2 Å². The second kappa shape index (κ2) is 4.73. The fourth-order valence-corrected chi connectivity index (χ4v) is 2.75. The summed E-state index contributed by atoms with van der Waals surface area (Å²) in [5, 5.41) is 14.9. The van der Waals surface area contributed by atoms with Crippen LogP contribution < -0.4 is 5.01 Å². The first-order valence-corrected chi connectivity index (χ1v) is 6.52. The Morgan fingerprint density at radius 3 is 2.45 bits per heavy atom. The van der Waals surface area contributed by atoms with Crippen LogP contribution in [0.2, 0.25) is 0 Å². The minimum atomic E-state index is -1.30. The minimum absolute atomic E-state index is 0.125. The summed E-state index contributed by atoms with van der Waals surface area (Å²) in [4.78, 5) is 34.4. The molecule has 2 aromatic rings. The Balaban J connectivity index is 2.22. The van der Waals surface area contributed by atoms with Crippen molar-refractivity contribution in [2.45, 2.75) is 12.5 Å². The highest BCUT2D eigenvalue weighted by Gasteiger charge is 2.51. The lowest BCUT2D eigenvalue weighted by molar-refractivity contribution is -0.384. The molecule has 0 spiro atoms. The van der Waals surface area contributed by atoms with E-state index in [9.17, 15) is 19.8 Å². The largest absolute Gasteiger partial charge is 0.291 e. The van der Waals surface area contributed by atoms with E-state index in [1.807, 2.05) is 0 Å². The normalized spacial score (nSPS) is 19.9. The first-order chi connectivity index (χ1) is 10.5. The van der Waals surface area contributed by atoms with Gasteiger partial charge in [0.05, 0.1) is 21.5 Å². The summed E-state index contributed by atoms with van der Waals surface area (Å²) in [7, 11) is 0. The van der Waals surface area contributed by atoms with E-state index >= 15 is 0 Å². The number of carbonyl (C=O) groups excluding carboxylic acids is 1. The maximum absolute atomic E-state index is 12.8. The zero-order valence-corrected chi connectivity index (χ0v) is 11.6. The molecule has 1 aliphatic heterocycles. The number of benzene rings is 2. The summed E-state index contributed by atoms with van der Waals surface area (Å²) in [6.07, 6.45) is 0. The molecule has 1 heterocycles. The molecule has 110 valence electrons. The van der Waals surface area contributed by atoms with E-state index < -0.39 is 16.2 Å². The molecule has 0 bridgehead atoms. The molecular weight excluding hydrogens is 286 g/mol. The number of non-ortho nitro benzene ring substituents is 1. The third-order valence-electron chi connectivity index (χ3n) is 3.95. The summed E-state index contributed by atoms with van der Waals surface area (Å²) in [5.74, 6) is -0.392. The van der Waals surface area contributed by atoms with Crippen LogP contribution in [0.4, 0.5) is 11.4 Å².